The predicted octanol–water partition coefficient (Wildman–Crippen LogP) is -2.07. The van der Waals surface area contributed by atoms with Crippen molar-refractivity contribution in [3.8, 4) is 11.1 Å². The van der Waals surface area contributed by atoms with E-state index >= 15 is 0 Å². The fraction of sp³-hybridized carbons (Fsp3) is 0.417. The number of carboxylic acids is 1. The number of carboxylic acid groups (broad SMARTS) is 1. The van der Waals surface area contributed by atoms with Crippen LogP contribution in [0.3, 0.4) is 0 Å². The van der Waals surface area contributed by atoms with E-state index in [0.29, 0.717) is 6.04 Å². The molecule has 5 nitrogen and oxygen atoms in total. The number of rotatable bonds is 3. The van der Waals surface area contributed by atoms with Gasteiger partial charge in [0, 0.05) is 37.3 Å². The first-order valence-electron chi connectivity index (χ1n) is 10.3. The van der Waals surface area contributed by atoms with E-state index in [2.05, 4.69) is 24.8 Å². The van der Waals surface area contributed by atoms with Crippen LogP contribution in [0.4, 0.5) is 0 Å². The minimum atomic E-state index is -0.937. The second kappa shape index (κ2) is 9.79. The van der Waals surface area contributed by atoms with Gasteiger partial charge in [-0.1, -0.05) is 24.3 Å². The zero-order chi connectivity index (χ0) is 20.8. The first-order chi connectivity index (χ1) is 13.8. The van der Waals surface area contributed by atoms with E-state index in [1.165, 1.54) is 0 Å². The number of likely N-dealkylation sites (tertiary alicyclic amines) is 1. The molecule has 0 aromatic heterocycles. The average molecular weight is 435 g/mol. The van der Waals surface area contributed by atoms with Gasteiger partial charge >= 0.3 is 24.8 Å². The van der Waals surface area contributed by atoms with Crippen LogP contribution in [0.25, 0.3) is 11.1 Å². The summed E-state index contributed by atoms with van der Waals surface area (Å²) in [6, 6.07) is 13.4. The molecular weight excluding hydrogens is 407 g/mol. The number of hydrogen-bond donors (Lipinski definition) is 1. The Hall–Kier alpha value is -1.77. The Morgan fingerprint density at radius 1 is 1.03 bits per heavy atom. The van der Waals surface area contributed by atoms with Gasteiger partial charge < -0.3 is 27.3 Å². The van der Waals surface area contributed by atoms with Gasteiger partial charge in [-0.3, -0.25) is 4.79 Å². The maximum Gasteiger partial charge on any atom is 1.00 e. The Balaban J connectivity index is 0.00000171. The summed E-state index contributed by atoms with van der Waals surface area (Å²) >= 11 is 0. The molecule has 2 aromatic rings. The molecule has 1 saturated heterocycles. The number of fused-ring (bicyclic) bond motifs is 1. The van der Waals surface area contributed by atoms with Crippen molar-refractivity contribution in [1.82, 2.24) is 9.80 Å². The number of hydrogen-bond acceptors (Lipinski definition) is 3. The van der Waals surface area contributed by atoms with E-state index in [1.807, 2.05) is 24.1 Å². The van der Waals surface area contributed by atoms with Crippen molar-refractivity contribution in [2.75, 3.05) is 20.1 Å². The van der Waals surface area contributed by atoms with Crippen molar-refractivity contribution in [2.24, 2.45) is 0 Å². The number of carbonyl (C=O) groups excluding carboxylic acids is 1. The molecule has 0 aliphatic carbocycles. The van der Waals surface area contributed by atoms with E-state index < -0.39 is 5.97 Å². The van der Waals surface area contributed by atoms with Gasteiger partial charge in [-0.25, -0.2) is 4.79 Å². The minimum absolute atomic E-state index is 0. The van der Waals surface area contributed by atoms with Gasteiger partial charge in [0.15, 0.2) is 0 Å². The van der Waals surface area contributed by atoms with Crippen molar-refractivity contribution in [3.63, 3.8) is 0 Å². The maximum absolute atomic E-state index is 13.3. The molecule has 2 aliphatic heterocycles. The molecule has 4 rings (SSSR count). The van der Waals surface area contributed by atoms with Crippen molar-refractivity contribution in [3.05, 3.63) is 59.2 Å². The van der Waals surface area contributed by atoms with Crippen molar-refractivity contribution in [2.45, 2.75) is 44.7 Å². The van der Waals surface area contributed by atoms with Gasteiger partial charge in [0.25, 0.3) is 5.91 Å². The number of nitrogens with zero attached hydrogens (tertiary/aromatic N) is 2. The summed E-state index contributed by atoms with van der Waals surface area (Å²) in [5, 5.41) is 9.08. The third kappa shape index (κ3) is 4.71. The van der Waals surface area contributed by atoms with Crippen molar-refractivity contribution in [1.29, 1.82) is 0 Å². The van der Waals surface area contributed by atoms with Crippen LogP contribution in [0.15, 0.2) is 42.5 Å². The number of carbonyl (C=O) groups is 2. The molecule has 2 heterocycles. The van der Waals surface area contributed by atoms with Crippen LogP contribution in [0.1, 0.15) is 53.0 Å². The summed E-state index contributed by atoms with van der Waals surface area (Å²) in [4.78, 5) is 28.8. The third-order valence-electron chi connectivity index (χ3n) is 6.80. The van der Waals surface area contributed by atoms with Gasteiger partial charge in [-0.15, -0.1) is 0 Å². The largest absolute Gasteiger partial charge is 1.00 e. The topological polar surface area (TPSA) is 60.9 Å². The number of amides is 1. The third-order valence-corrected chi connectivity index (χ3v) is 6.80. The molecule has 0 unspecified atom stereocenters. The Morgan fingerprint density at radius 3 is 2.16 bits per heavy atom. The molecule has 0 atom stereocenters. The summed E-state index contributed by atoms with van der Waals surface area (Å²) in [5.41, 5.74) is 3.92. The van der Waals surface area contributed by atoms with E-state index in [9.17, 15) is 9.59 Å². The summed E-state index contributed by atoms with van der Waals surface area (Å²) in [6.45, 7) is 6.51. The molecule has 1 amide bonds. The zero-order valence-electron chi connectivity index (χ0n) is 18.7. The van der Waals surface area contributed by atoms with Crippen LogP contribution in [-0.2, 0) is 6.42 Å². The van der Waals surface area contributed by atoms with E-state index in [0.717, 1.165) is 54.6 Å². The fourth-order valence-electron chi connectivity index (χ4n) is 4.75. The molecule has 1 N–H and O–H groups in total. The SMILES string of the molecule is CC(C)N1CCC2(CC1)Cc1ccc(-c3ccc(C(=O)O)cc3)cc1C(=O)N2C.[Cl-].[Li+]. The smallest absolute Gasteiger partial charge is 1.00 e. The maximum atomic E-state index is 13.3. The van der Waals surface area contributed by atoms with Gasteiger partial charge in [-0.2, -0.15) is 0 Å². The number of halogens is 1. The molecule has 2 aromatic carbocycles. The van der Waals surface area contributed by atoms with Crippen LogP contribution in [-0.4, -0.2) is 58.5 Å². The second-order valence-electron chi connectivity index (χ2n) is 8.65. The second-order valence-corrected chi connectivity index (χ2v) is 8.65. The summed E-state index contributed by atoms with van der Waals surface area (Å²) in [7, 11) is 1.95. The predicted molar refractivity (Wildman–Crippen MR) is 113 cm³/mol. The Labute approximate surface area is 202 Å². The number of piperidine rings is 1. The average Bonchev–Trinajstić information content (AvgIpc) is 2.72. The van der Waals surface area contributed by atoms with Crippen LogP contribution in [0, 0.1) is 0 Å². The molecule has 160 valence electrons. The molecular formula is C24H28ClLiN2O3. The summed E-state index contributed by atoms with van der Waals surface area (Å²) in [5.74, 6) is -0.846. The molecule has 31 heavy (non-hydrogen) atoms. The fourth-order valence-corrected chi connectivity index (χ4v) is 4.75. The monoisotopic (exact) mass is 434 g/mol. The van der Waals surface area contributed by atoms with E-state index in [4.69, 9.17) is 5.11 Å². The molecule has 0 bridgehead atoms. The minimum Gasteiger partial charge on any atom is -1.00 e. The van der Waals surface area contributed by atoms with Crippen LogP contribution in [0.5, 0.6) is 0 Å². The van der Waals surface area contributed by atoms with Crippen molar-refractivity contribution >= 4 is 11.9 Å². The van der Waals surface area contributed by atoms with Crippen molar-refractivity contribution < 1.29 is 46.0 Å². The molecule has 0 radical (unpaired) electrons. The van der Waals surface area contributed by atoms with Crippen LogP contribution in [0.2, 0.25) is 0 Å². The Kier molecular flexibility index (Phi) is 8.05. The van der Waals surface area contributed by atoms with Crippen LogP contribution >= 0.6 is 0 Å². The Bertz CT molecular complexity index is 954. The number of likely N-dealkylation sites (N-methyl/N-ethyl adjacent to an activating group) is 1. The first-order valence-corrected chi connectivity index (χ1v) is 10.3. The molecule has 0 saturated carbocycles. The van der Waals surface area contributed by atoms with Gasteiger partial charge in [0.05, 0.1) is 5.56 Å². The quantitative estimate of drug-likeness (QED) is 0.564. The number of aromatic carboxylic acids is 1. The standard InChI is InChI=1S/C24H28N2O3.ClH.Li/c1-16(2)26-12-10-24(11-13-26)15-20-9-8-19(14-21(20)22(27)25(24)3)17-4-6-18(7-5-17)23(28)29;;/h4-9,14,16H,10-13,15H2,1-3H3,(H,28,29);1H;/q;;+1/p-1. The normalized spacial score (nSPS) is 17.7. The van der Waals surface area contributed by atoms with Crippen LogP contribution < -0.4 is 31.3 Å². The number of benzene rings is 2. The zero-order valence-corrected chi connectivity index (χ0v) is 19.4. The first kappa shape index (κ1) is 25.5. The van der Waals surface area contributed by atoms with Gasteiger partial charge in [-0.05, 0) is 68.0 Å². The molecule has 1 spiro atoms. The molecule has 1 fully saturated rings. The van der Waals surface area contributed by atoms with Gasteiger partial charge in [0.1, 0.15) is 0 Å². The van der Waals surface area contributed by atoms with E-state index in [-0.39, 0.29) is 48.3 Å². The van der Waals surface area contributed by atoms with Gasteiger partial charge in [0.2, 0.25) is 0 Å². The van der Waals surface area contributed by atoms with E-state index in [1.54, 1.807) is 24.3 Å². The summed E-state index contributed by atoms with van der Waals surface area (Å²) < 4.78 is 0. The molecule has 7 heteroatoms. The summed E-state index contributed by atoms with van der Waals surface area (Å²) in [6.07, 6.45) is 2.91. The molecule has 2 aliphatic rings. The Morgan fingerprint density at radius 2 is 1.61 bits per heavy atom.